The molecule has 3 aromatic rings. The highest BCUT2D eigenvalue weighted by molar-refractivity contribution is 5.95. The second-order valence-electron chi connectivity index (χ2n) is 7.07. The molecule has 29 heavy (non-hydrogen) atoms. The predicted octanol–water partition coefficient (Wildman–Crippen LogP) is 1.92. The second-order valence-corrected chi connectivity index (χ2v) is 7.07. The first-order chi connectivity index (χ1) is 14.0. The van der Waals surface area contributed by atoms with Gasteiger partial charge in [-0.15, -0.1) is 10.2 Å². The molecule has 0 aliphatic carbocycles. The van der Waals surface area contributed by atoms with E-state index in [2.05, 4.69) is 20.2 Å². The fourth-order valence-corrected chi connectivity index (χ4v) is 3.87. The molecule has 148 valence electrons. The molecule has 1 fully saturated rings. The standard InChI is InChI=1S/C19H16F2N6O2/c1-10-3-2-4-13(15(10)21)19(28)27-12-7-26-17(14(27)9-29-8-12)24-25-18(26)16-22-5-11(20)6-23-16/h2-6,12,14H,7-9H2,1H3/t12-,14-/m1/s1. The number of aryl methyl sites for hydroxylation is 1. The van der Waals surface area contributed by atoms with E-state index in [9.17, 15) is 13.6 Å². The molecule has 2 aliphatic rings. The molecule has 4 heterocycles. The molecule has 0 N–H and O–H groups in total. The van der Waals surface area contributed by atoms with Crippen molar-refractivity contribution in [2.24, 2.45) is 0 Å². The largest absolute Gasteiger partial charge is 0.377 e. The van der Waals surface area contributed by atoms with Crippen molar-refractivity contribution in [3.8, 4) is 11.6 Å². The molecule has 1 aromatic carbocycles. The fraction of sp³-hybridized carbons (Fsp3) is 0.316. The SMILES string of the molecule is Cc1cccc(C(=O)N2[C@H]3COC[C@@H]2c2nnc(-c4ncc(F)cn4)n2C3)c1F. The first-order valence-electron chi connectivity index (χ1n) is 9.11. The Labute approximate surface area is 164 Å². The molecule has 0 radical (unpaired) electrons. The van der Waals surface area contributed by atoms with Crippen molar-refractivity contribution < 1.29 is 18.3 Å². The zero-order valence-corrected chi connectivity index (χ0v) is 15.4. The summed E-state index contributed by atoms with van der Waals surface area (Å²) in [4.78, 5) is 22.8. The van der Waals surface area contributed by atoms with Crippen LogP contribution in [0.25, 0.3) is 11.6 Å². The highest BCUT2D eigenvalue weighted by Crippen LogP contribution is 2.35. The van der Waals surface area contributed by atoms with Crippen molar-refractivity contribution in [3.05, 3.63) is 59.2 Å². The topological polar surface area (TPSA) is 86.0 Å². The van der Waals surface area contributed by atoms with Gasteiger partial charge in [-0.1, -0.05) is 12.1 Å². The van der Waals surface area contributed by atoms with Crippen LogP contribution in [0.2, 0.25) is 0 Å². The number of benzene rings is 1. The average Bonchev–Trinajstić information content (AvgIpc) is 3.13. The Morgan fingerprint density at radius 2 is 1.97 bits per heavy atom. The highest BCUT2D eigenvalue weighted by Gasteiger charge is 2.44. The Hall–Kier alpha value is -3.27. The van der Waals surface area contributed by atoms with E-state index in [1.807, 2.05) is 4.57 Å². The Morgan fingerprint density at radius 3 is 2.76 bits per heavy atom. The Balaban J connectivity index is 1.55. The van der Waals surface area contributed by atoms with Gasteiger partial charge < -0.3 is 14.2 Å². The molecule has 2 bridgehead atoms. The summed E-state index contributed by atoms with van der Waals surface area (Å²) in [5.74, 6) is -0.332. The van der Waals surface area contributed by atoms with E-state index in [1.54, 1.807) is 24.0 Å². The molecule has 5 rings (SSSR count). The van der Waals surface area contributed by atoms with Gasteiger partial charge in [0, 0.05) is 6.54 Å². The summed E-state index contributed by atoms with van der Waals surface area (Å²) < 4.78 is 35.2. The van der Waals surface area contributed by atoms with Gasteiger partial charge >= 0.3 is 0 Å². The van der Waals surface area contributed by atoms with Gasteiger partial charge in [-0.25, -0.2) is 18.7 Å². The lowest BCUT2D eigenvalue weighted by molar-refractivity contribution is -0.0571. The molecular weight excluding hydrogens is 382 g/mol. The monoisotopic (exact) mass is 398 g/mol. The third kappa shape index (κ3) is 2.79. The number of amides is 1. The first kappa shape index (κ1) is 17.8. The minimum absolute atomic E-state index is 0.0250. The van der Waals surface area contributed by atoms with Gasteiger partial charge in [0.15, 0.2) is 17.5 Å². The van der Waals surface area contributed by atoms with Gasteiger partial charge in [-0.2, -0.15) is 0 Å². The first-order valence-corrected chi connectivity index (χ1v) is 9.11. The molecular formula is C19H16F2N6O2. The van der Waals surface area contributed by atoms with E-state index >= 15 is 0 Å². The van der Waals surface area contributed by atoms with E-state index in [-0.39, 0.29) is 24.0 Å². The van der Waals surface area contributed by atoms with Crippen LogP contribution in [0.5, 0.6) is 0 Å². The number of nitrogens with zero attached hydrogens (tertiary/aromatic N) is 6. The minimum Gasteiger partial charge on any atom is -0.377 e. The number of halogens is 2. The lowest BCUT2D eigenvalue weighted by atomic mass is 10.0. The van der Waals surface area contributed by atoms with Crippen molar-refractivity contribution in [2.45, 2.75) is 25.6 Å². The normalized spacial score (nSPS) is 20.4. The van der Waals surface area contributed by atoms with Gasteiger partial charge in [-0.3, -0.25) is 4.79 Å². The van der Waals surface area contributed by atoms with E-state index in [1.165, 1.54) is 6.07 Å². The van der Waals surface area contributed by atoms with E-state index in [0.29, 0.717) is 30.4 Å². The Bertz CT molecular complexity index is 1100. The summed E-state index contributed by atoms with van der Waals surface area (Å²) in [7, 11) is 0. The molecule has 2 atom stereocenters. The van der Waals surface area contributed by atoms with Crippen LogP contribution in [-0.4, -0.2) is 54.8 Å². The summed E-state index contributed by atoms with van der Waals surface area (Å²) in [6.45, 7) is 2.49. The third-order valence-corrected chi connectivity index (χ3v) is 5.26. The van der Waals surface area contributed by atoms with Crippen molar-refractivity contribution in [2.75, 3.05) is 13.2 Å². The van der Waals surface area contributed by atoms with Crippen LogP contribution in [0.3, 0.4) is 0 Å². The van der Waals surface area contributed by atoms with Gasteiger partial charge in [0.05, 0.1) is 37.2 Å². The molecule has 2 aromatic heterocycles. The number of carbonyl (C=O) groups excluding carboxylic acids is 1. The number of rotatable bonds is 2. The zero-order chi connectivity index (χ0) is 20.1. The fourth-order valence-electron chi connectivity index (χ4n) is 3.87. The van der Waals surface area contributed by atoms with Crippen molar-refractivity contribution in [3.63, 3.8) is 0 Å². The van der Waals surface area contributed by atoms with Gasteiger partial charge in [0.25, 0.3) is 5.91 Å². The van der Waals surface area contributed by atoms with Crippen molar-refractivity contribution in [1.82, 2.24) is 29.6 Å². The maximum atomic E-state index is 14.6. The van der Waals surface area contributed by atoms with Gasteiger partial charge in [0.2, 0.25) is 5.82 Å². The molecule has 1 amide bonds. The number of carbonyl (C=O) groups is 1. The number of hydrogen-bond acceptors (Lipinski definition) is 6. The number of fused-ring (bicyclic) bond motifs is 4. The van der Waals surface area contributed by atoms with Crippen LogP contribution in [0.1, 0.15) is 27.8 Å². The second kappa shape index (κ2) is 6.66. The number of ether oxygens (including phenoxy) is 1. The van der Waals surface area contributed by atoms with Crippen LogP contribution >= 0.6 is 0 Å². The zero-order valence-electron chi connectivity index (χ0n) is 15.4. The lowest BCUT2D eigenvalue weighted by Gasteiger charge is -2.45. The number of morpholine rings is 1. The summed E-state index contributed by atoms with van der Waals surface area (Å²) in [5.41, 5.74) is 0.435. The number of aromatic nitrogens is 5. The van der Waals surface area contributed by atoms with Gasteiger partial charge in [-0.05, 0) is 18.6 Å². The molecule has 0 unspecified atom stereocenters. The van der Waals surface area contributed by atoms with Crippen molar-refractivity contribution in [1.29, 1.82) is 0 Å². The molecule has 0 spiro atoms. The highest BCUT2D eigenvalue weighted by atomic mass is 19.1. The summed E-state index contributed by atoms with van der Waals surface area (Å²) in [6, 6.07) is 3.92. The maximum absolute atomic E-state index is 14.6. The van der Waals surface area contributed by atoms with Crippen LogP contribution in [-0.2, 0) is 11.3 Å². The molecule has 0 saturated carbocycles. The maximum Gasteiger partial charge on any atom is 0.257 e. The molecule has 10 heteroatoms. The smallest absolute Gasteiger partial charge is 0.257 e. The summed E-state index contributed by atoms with van der Waals surface area (Å²) >= 11 is 0. The summed E-state index contributed by atoms with van der Waals surface area (Å²) in [6.07, 6.45) is 2.13. The van der Waals surface area contributed by atoms with E-state index in [0.717, 1.165) is 12.4 Å². The number of hydrogen-bond donors (Lipinski definition) is 0. The molecule has 2 aliphatic heterocycles. The predicted molar refractivity (Wildman–Crippen MR) is 95.7 cm³/mol. The quantitative estimate of drug-likeness (QED) is 0.656. The summed E-state index contributed by atoms with van der Waals surface area (Å²) in [5, 5.41) is 8.37. The van der Waals surface area contributed by atoms with Crippen LogP contribution in [0, 0.1) is 18.6 Å². The molecule has 8 nitrogen and oxygen atoms in total. The molecule has 1 saturated heterocycles. The lowest BCUT2D eigenvalue weighted by Crippen LogP contribution is -2.56. The van der Waals surface area contributed by atoms with Crippen LogP contribution < -0.4 is 0 Å². The Morgan fingerprint density at radius 1 is 1.17 bits per heavy atom. The van der Waals surface area contributed by atoms with Gasteiger partial charge in [0.1, 0.15) is 11.9 Å². The van der Waals surface area contributed by atoms with Crippen LogP contribution in [0.15, 0.2) is 30.6 Å². The average molecular weight is 398 g/mol. The van der Waals surface area contributed by atoms with E-state index < -0.39 is 23.6 Å². The van der Waals surface area contributed by atoms with Crippen LogP contribution in [0.4, 0.5) is 8.78 Å². The Kier molecular flexibility index (Phi) is 4.09. The minimum atomic E-state index is -0.547. The van der Waals surface area contributed by atoms with E-state index in [4.69, 9.17) is 4.74 Å². The third-order valence-electron chi connectivity index (χ3n) is 5.26. The van der Waals surface area contributed by atoms with Crippen molar-refractivity contribution >= 4 is 5.91 Å².